The third-order valence-electron chi connectivity index (χ3n) is 0.922. The Balaban J connectivity index is -0.000000605. The summed E-state index contributed by atoms with van der Waals surface area (Å²) in [5.74, 6) is 0. The molecule has 0 rings (SSSR count). The standard InChI is InChI=1S/C2H7NO7S2.2Na.2H/c4-3-1-2(11(5,6)7)12(8,9)10;;;;/h2-4H,1H2,(H,5,6,7)(H,8,9,10);;;;. The van der Waals surface area contributed by atoms with Gasteiger partial charge < -0.3 is 5.21 Å². The van der Waals surface area contributed by atoms with E-state index in [0.717, 1.165) is 0 Å². The van der Waals surface area contributed by atoms with Crippen molar-refractivity contribution in [3.05, 3.63) is 0 Å². The minimum absolute atomic E-state index is 0. The van der Waals surface area contributed by atoms with Crippen LogP contribution in [0, 0.1) is 0 Å². The Hall–Kier alpha value is 1.74. The van der Waals surface area contributed by atoms with Crippen LogP contribution >= 0.6 is 0 Å². The third-order valence-corrected chi connectivity index (χ3v) is 4.04. The zero-order valence-electron chi connectivity index (χ0n) is 5.58. The van der Waals surface area contributed by atoms with E-state index in [1.165, 1.54) is 5.48 Å². The van der Waals surface area contributed by atoms with Crippen molar-refractivity contribution in [2.45, 2.75) is 4.58 Å². The molecule has 0 fully saturated rings. The molecule has 14 heavy (non-hydrogen) atoms. The summed E-state index contributed by atoms with van der Waals surface area (Å²) >= 11 is 0. The second-order valence-electron chi connectivity index (χ2n) is 1.82. The van der Waals surface area contributed by atoms with Crippen molar-refractivity contribution in [3.8, 4) is 0 Å². The number of rotatable bonds is 4. The molecule has 0 aromatic rings. The van der Waals surface area contributed by atoms with E-state index in [-0.39, 0.29) is 59.1 Å². The molecule has 12 heteroatoms. The first kappa shape index (κ1) is 21.1. The molecule has 0 amide bonds. The number of hydrogen-bond acceptors (Lipinski definition) is 6. The van der Waals surface area contributed by atoms with E-state index in [1.54, 1.807) is 0 Å². The predicted molar refractivity (Wildman–Crippen MR) is 51.0 cm³/mol. The van der Waals surface area contributed by atoms with E-state index < -0.39 is 31.4 Å². The van der Waals surface area contributed by atoms with Gasteiger partial charge >= 0.3 is 59.1 Å². The molecule has 0 bridgehead atoms. The molecule has 0 saturated heterocycles. The average molecular weight is 269 g/mol. The second kappa shape index (κ2) is 7.92. The molecular weight excluding hydrogens is 260 g/mol. The van der Waals surface area contributed by atoms with Gasteiger partial charge in [0.1, 0.15) is 0 Å². The summed E-state index contributed by atoms with van der Waals surface area (Å²) in [7, 11) is -9.89. The maximum atomic E-state index is 10.2. The SMILES string of the molecule is O=S(=O)(O)C(CNO)S(=O)(=O)O.[NaH].[NaH]. The monoisotopic (exact) mass is 269 g/mol. The first-order valence-electron chi connectivity index (χ1n) is 2.49. The van der Waals surface area contributed by atoms with Crippen LogP contribution in [0.5, 0.6) is 0 Å². The fourth-order valence-electron chi connectivity index (χ4n) is 0.439. The summed E-state index contributed by atoms with van der Waals surface area (Å²) in [6.45, 7) is -1.02. The molecule has 0 unspecified atom stereocenters. The van der Waals surface area contributed by atoms with Crippen LogP contribution in [0.4, 0.5) is 0 Å². The first-order chi connectivity index (χ1) is 5.19. The zero-order chi connectivity index (χ0) is 9.99. The van der Waals surface area contributed by atoms with E-state index in [4.69, 9.17) is 14.3 Å². The normalized spacial score (nSPS) is 11.7. The van der Waals surface area contributed by atoms with Crippen molar-refractivity contribution in [3.63, 3.8) is 0 Å². The van der Waals surface area contributed by atoms with Crippen molar-refractivity contribution in [1.82, 2.24) is 5.48 Å². The van der Waals surface area contributed by atoms with Crippen LogP contribution in [0.3, 0.4) is 0 Å². The van der Waals surface area contributed by atoms with Crippen molar-refractivity contribution >= 4 is 79.4 Å². The van der Waals surface area contributed by atoms with E-state index in [0.29, 0.717) is 0 Å². The molecule has 78 valence electrons. The van der Waals surface area contributed by atoms with Crippen LogP contribution in [0.1, 0.15) is 0 Å². The molecular formula is C2H9NNa2O7S2. The molecule has 0 heterocycles. The van der Waals surface area contributed by atoms with Gasteiger partial charge in [-0.1, -0.05) is 0 Å². The Morgan fingerprint density at radius 1 is 1.00 bits per heavy atom. The Bertz CT molecular complexity index is 303. The first-order valence-corrected chi connectivity index (χ1v) is 5.50. The van der Waals surface area contributed by atoms with Gasteiger partial charge in [-0.2, -0.15) is 16.8 Å². The van der Waals surface area contributed by atoms with Gasteiger partial charge in [0.05, 0.1) is 6.54 Å². The second-order valence-corrected chi connectivity index (χ2v) is 5.32. The van der Waals surface area contributed by atoms with Gasteiger partial charge in [0, 0.05) is 0 Å². The molecule has 0 radical (unpaired) electrons. The average Bonchev–Trinajstić information content (AvgIpc) is 1.77. The van der Waals surface area contributed by atoms with Crippen LogP contribution < -0.4 is 5.48 Å². The molecule has 0 saturated carbocycles. The molecule has 0 atom stereocenters. The summed E-state index contributed by atoms with van der Waals surface area (Å²) in [4.78, 5) is 0. The van der Waals surface area contributed by atoms with Gasteiger partial charge in [-0.3, -0.25) is 9.11 Å². The summed E-state index contributed by atoms with van der Waals surface area (Å²) in [6.07, 6.45) is 0. The summed E-state index contributed by atoms with van der Waals surface area (Å²) in [6, 6.07) is 0. The van der Waals surface area contributed by atoms with E-state index in [1.807, 2.05) is 0 Å². The Kier molecular flexibility index (Phi) is 11.9. The molecule has 0 aliphatic rings. The van der Waals surface area contributed by atoms with Crippen LogP contribution in [-0.4, -0.2) is 101 Å². The molecule has 0 aromatic heterocycles. The molecule has 0 aliphatic carbocycles. The fourth-order valence-corrected chi connectivity index (χ4v) is 2.24. The van der Waals surface area contributed by atoms with E-state index in [9.17, 15) is 16.8 Å². The summed E-state index contributed by atoms with van der Waals surface area (Å²) in [5.41, 5.74) is 1.20. The Labute approximate surface area is 125 Å². The maximum absolute atomic E-state index is 10.2. The van der Waals surface area contributed by atoms with E-state index in [2.05, 4.69) is 0 Å². The van der Waals surface area contributed by atoms with Crippen LogP contribution in [0.15, 0.2) is 0 Å². The molecule has 8 nitrogen and oxygen atoms in total. The number of hydrogen-bond donors (Lipinski definition) is 4. The number of hydroxylamine groups is 1. The third kappa shape index (κ3) is 7.96. The van der Waals surface area contributed by atoms with Gasteiger partial charge in [0.25, 0.3) is 20.2 Å². The predicted octanol–water partition coefficient (Wildman–Crippen LogP) is -3.23. The van der Waals surface area contributed by atoms with Crippen molar-refractivity contribution in [2.75, 3.05) is 6.54 Å². The Morgan fingerprint density at radius 2 is 1.29 bits per heavy atom. The van der Waals surface area contributed by atoms with E-state index >= 15 is 0 Å². The molecule has 0 aromatic carbocycles. The minimum atomic E-state index is -4.95. The van der Waals surface area contributed by atoms with Crippen LogP contribution in [0.25, 0.3) is 0 Å². The van der Waals surface area contributed by atoms with Gasteiger partial charge in [0.15, 0.2) is 0 Å². The van der Waals surface area contributed by atoms with Gasteiger partial charge in [0.2, 0.25) is 4.58 Å². The van der Waals surface area contributed by atoms with Gasteiger partial charge in [-0.05, 0) is 0 Å². The van der Waals surface area contributed by atoms with Crippen molar-refractivity contribution in [1.29, 1.82) is 0 Å². The molecule has 0 aliphatic heterocycles. The topological polar surface area (TPSA) is 141 Å². The van der Waals surface area contributed by atoms with Crippen molar-refractivity contribution < 1.29 is 31.1 Å². The zero-order valence-corrected chi connectivity index (χ0v) is 7.21. The van der Waals surface area contributed by atoms with Crippen molar-refractivity contribution in [2.24, 2.45) is 0 Å². The van der Waals surface area contributed by atoms with Crippen LogP contribution in [0.2, 0.25) is 0 Å². The van der Waals surface area contributed by atoms with Crippen LogP contribution in [-0.2, 0) is 20.2 Å². The summed E-state index contributed by atoms with van der Waals surface area (Å²) < 4.78 is 54.9. The summed E-state index contributed by atoms with van der Waals surface area (Å²) in [5, 5.41) is 7.96. The molecule has 4 N–H and O–H groups in total. The number of nitrogens with one attached hydrogen (secondary N) is 1. The quantitative estimate of drug-likeness (QED) is 0.237. The fraction of sp³-hybridized carbons (Fsp3) is 1.00. The Morgan fingerprint density at radius 3 is 1.36 bits per heavy atom. The van der Waals surface area contributed by atoms with Gasteiger partial charge in [-0.25, -0.2) is 5.48 Å². The van der Waals surface area contributed by atoms with Gasteiger partial charge in [-0.15, -0.1) is 0 Å². The molecule has 0 spiro atoms.